The zero-order valence-corrected chi connectivity index (χ0v) is 9.00. The highest BCUT2D eigenvalue weighted by molar-refractivity contribution is 6.07. The normalized spacial score (nSPS) is 8.88. The summed E-state index contributed by atoms with van der Waals surface area (Å²) < 4.78 is 0. The Bertz CT molecular complexity index is 495. The van der Waals surface area contributed by atoms with Gasteiger partial charge < -0.3 is 10.4 Å². The molecule has 0 bridgehead atoms. The Labute approximate surface area is 93.3 Å². The fourth-order valence-electron chi connectivity index (χ4n) is 1.32. The van der Waals surface area contributed by atoms with Gasteiger partial charge in [-0.2, -0.15) is 0 Å². The van der Waals surface area contributed by atoms with E-state index in [0.29, 0.717) is 5.56 Å². The summed E-state index contributed by atoms with van der Waals surface area (Å²) in [5, 5.41) is 11.4. The second kappa shape index (κ2) is 4.99. The second-order valence-electron chi connectivity index (χ2n) is 3.13. The van der Waals surface area contributed by atoms with Crippen molar-refractivity contribution in [3.63, 3.8) is 0 Å². The molecule has 16 heavy (non-hydrogen) atoms. The van der Waals surface area contributed by atoms with E-state index in [-0.39, 0.29) is 11.3 Å². The van der Waals surface area contributed by atoms with Gasteiger partial charge in [0, 0.05) is 0 Å². The van der Waals surface area contributed by atoms with Crippen LogP contribution in [0.25, 0.3) is 0 Å². The van der Waals surface area contributed by atoms with Gasteiger partial charge in [-0.05, 0) is 31.4 Å². The number of anilines is 1. The highest BCUT2D eigenvalue weighted by Crippen LogP contribution is 2.19. The molecule has 0 saturated carbocycles. The number of rotatable bonds is 2. The molecule has 0 atom stereocenters. The standard InChI is InChI=1S/C12H11NO3/c1-3-5-10(14)13-9-7-4-6-8(2)11(9)12(15)16/h4,6-7H,1-2H3,(H,13,14)(H,15,16). The second-order valence-corrected chi connectivity index (χ2v) is 3.13. The molecule has 4 heteroatoms. The Morgan fingerprint density at radius 2 is 2.06 bits per heavy atom. The summed E-state index contributed by atoms with van der Waals surface area (Å²) in [6, 6.07) is 4.88. The third-order valence-electron chi connectivity index (χ3n) is 1.97. The van der Waals surface area contributed by atoms with Gasteiger partial charge in [-0.3, -0.25) is 4.79 Å². The molecular formula is C12H11NO3. The molecule has 0 radical (unpaired) electrons. The molecule has 1 aromatic carbocycles. The molecule has 82 valence electrons. The lowest BCUT2D eigenvalue weighted by Gasteiger charge is -2.08. The molecular weight excluding hydrogens is 206 g/mol. The van der Waals surface area contributed by atoms with E-state index in [1.54, 1.807) is 19.1 Å². The lowest BCUT2D eigenvalue weighted by molar-refractivity contribution is -0.111. The number of aryl methyl sites for hydroxylation is 1. The molecule has 4 nitrogen and oxygen atoms in total. The Morgan fingerprint density at radius 1 is 1.38 bits per heavy atom. The van der Waals surface area contributed by atoms with Crippen LogP contribution in [0.5, 0.6) is 0 Å². The van der Waals surface area contributed by atoms with Crippen molar-refractivity contribution in [2.45, 2.75) is 13.8 Å². The number of carbonyl (C=O) groups is 2. The molecule has 0 heterocycles. The van der Waals surface area contributed by atoms with E-state index in [1.807, 2.05) is 0 Å². The number of aromatic carboxylic acids is 1. The third kappa shape index (κ3) is 2.61. The highest BCUT2D eigenvalue weighted by Gasteiger charge is 2.13. The molecule has 1 aromatic rings. The van der Waals surface area contributed by atoms with Crippen molar-refractivity contribution in [3.8, 4) is 11.8 Å². The fourth-order valence-corrected chi connectivity index (χ4v) is 1.32. The van der Waals surface area contributed by atoms with Crippen LogP contribution in [0.2, 0.25) is 0 Å². The monoisotopic (exact) mass is 217 g/mol. The number of benzene rings is 1. The lowest BCUT2D eigenvalue weighted by atomic mass is 10.1. The van der Waals surface area contributed by atoms with Gasteiger partial charge >= 0.3 is 5.97 Å². The number of amides is 1. The number of carboxylic acid groups (broad SMARTS) is 1. The van der Waals surface area contributed by atoms with Crippen molar-refractivity contribution < 1.29 is 14.7 Å². The summed E-state index contributed by atoms with van der Waals surface area (Å²) in [6.45, 7) is 3.21. The van der Waals surface area contributed by atoms with Crippen LogP contribution in [-0.2, 0) is 4.79 Å². The van der Waals surface area contributed by atoms with Crippen LogP contribution in [0, 0.1) is 18.8 Å². The summed E-state index contributed by atoms with van der Waals surface area (Å²) in [5.41, 5.74) is 0.948. The van der Waals surface area contributed by atoms with E-state index >= 15 is 0 Å². The van der Waals surface area contributed by atoms with Gasteiger partial charge in [0.05, 0.1) is 11.3 Å². The first kappa shape index (κ1) is 11.8. The van der Waals surface area contributed by atoms with Crippen molar-refractivity contribution >= 4 is 17.6 Å². The molecule has 0 aliphatic rings. The molecule has 1 rings (SSSR count). The van der Waals surface area contributed by atoms with Gasteiger partial charge in [0.15, 0.2) is 0 Å². The van der Waals surface area contributed by atoms with Crippen molar-refractivity contribution in [2.75, 3.05) is 5.32 Å². The molecule has 0 spiro atoms. The van der Waals surface area contributed by atoms with E-state index in [2.05, 4.69) is 17.2 Å². The largest absolute Gasteiger partial charge is 0.478 e. The van der Waals surface area contributed by atoms with Crippen molar-refractivity contribution in [1.29, 1.82) is 0 Å². The number of nitrogens with one attached hydrogen (secondary N) is 1. The number of carbonyl (C=O) groups excluding carboxylic acids is 1. The predicted molar refractivity (Wildman–Crippen MR) is 60.2 cm³/mol. The molecule has 0 fully saturated rings. The Morgan fingerprint density at radius 3 is 2.62 bits per heavy atom. The molecule has 0 saturated heterocycles. The van der Waals surface area contributed by atoms with Crippen LogP contribution in [0.3, 0.4) is 0 Å². The fraction of sp³-hybridized carbons (Fsp3) is 0.167. The van der Waals surface area contributed by atoms with Crippen LogP contribution in [0.4, 0.5) is 5.69 Å². The molecule has 0 aromatic heterocycles. The maximum absolute atomic E-state index is 11.2. The lowest BCUT2D eigenvalue weighted by Crippen LogP contribution is -2.13. The minimum Gasteiger partial charge on any atom is -0.478 e. The maximum atomic E-state index is 11.2. The first-order valence-corrected chi connectivity index (χ1v) is 4.63. The van der Waals surface area contributed by atoms with Crippen LogP contribution < -0.4 is 5.32 Å². The summed E-state index contributed by atoms with van der Waals surface area (Å²) in [5.74, 6) is 3.14. The quantitative estimate of drug-likeness (QED) is 0.740. The van der Waals surface area contributed by atoms with E-state index in [9.17, 15) is 9.59 Å². The Balaban J connectivity index is 3.12. The molecule has 0 aliphatic carbocycles. The van der Waals surface area contributed by atoms with Gasteiger partial charge in [0.2, 0.25) is 0 Å². The van der Waals surface area contributed by atoms with Gasteiger partial charge in [0.25, 0.3) is 5.91 Å². The van der Waals surface area contributed by atoms with E-state index < -0.39 is 11.9 Å². The zero-order valence-electron chi connectivity index (χ0n) is 9.00. The third-order valence-corrected chi connectivity index (χ3v) is 1.97. The van der Waals surface area contributed by atoms with Crippen LogP contribution in [-0.4, -0.2) is 17.0 Å². The predicted octanol–water partition coefficient (Wildman–Crippen LogP) is 1.66. The summed E-state index contributed by atoms with van der Waals surface area (Å²) in [6.07, 6.45) is 0. The zero-order chi connectivity index (χ0) is 12.1. The SMILES string of the molecule is CC#CC(=O)Nc1cccc(C)c1C(=O)O. The average molecular weight is 217 g/mol. The first-order valence-electron chi connectivity index (χ1n) is 4.63. The van der Waals surface area contributed by atoms with Crippen LogP contribution >= 0.6 is 0 Å². The Kier molecular flexibility index (Phi) is 3.67. The van der Waals surface area contributed by atoms with E-state index in [0.717, 1.165) is 0 Å². The van der Waals surface area contributed by atoms with Crippen LogP contribution in [0.1, 0.15) is 22.8 Å². The van der Waals surface area contributed by atoms with Gasteiger partial charge in [-0.15, -0.1) is 0 Å². The number of carboxylic acids is 1. The maximum Gasteiger partial charge on any atom is 0.338 e. The summed E-state index contributed by atoms with van der Waals surface area (Å²) >= 11 is 0. The van der Waals surface area contributed by atoms with Gasteiger partial charge in [-0.25, -0.2) is 4.79 Å². The Hall–Kier alpha value is -2.28. The molecule has 2 N–H and O–H groups in total. The highest BCUT2D eigenvalue weighted by atomic mass is 16.4. The molecule has 0 aliphatic heterocycles. The van der Waals surface area contributed by atoms with Gasteiger partial charge in [0.1, 0.15) is 0 Å². The van der Waals surface area contributed by atoms with Crippen LogP contribution in [0.15, 0.2) is 18.2 Å². The van der Waals surface area contributed by atoms with Crippen molar-refractivity contribution in [3.05, 3.63) is 29.3 Å². The summed E-state index contributed by atoms with van der Waals surface area (Å²) in [4.78, 5) is 22.2. The number of hydrogen-bond acceptors (Lipinski definition) is 2. The molecule has 1 amide bonds. The topological polar surface area (TPSA) is 66.4 Å². The van der Waals surface area contributed by atoms with E-state index in [1.165, 1.54) is 13.0 Å². The summed E-state index contributed by atoms with van der Waals surface area (Å²) in [7, 11) is 0. The minimum atomic E-state index is -1.07. The molecule has 0 unspecified atom stereocenters. The average Bonchev–Trinajstić information content (AvgIpc) is 2.17. The van der Waals surface area contributed by atoms with E-state index in [4.69, 9.17) is 5.11 Å². The van der Waals surface area contributed by atoms with Crippen molar-refractivity contribution in [1.82, 2.24) is 0 Å². The van der Waals surface area contributed by atoms with Crippen molar-refractivity contribution in [2.24, 2.45) is 0 Å². The smallest absolute Gasteiger partial charge is 0.338 e. The first-order chi connectivity index (χ1) is 7.56. The minimum absolute atomic E-state index is 0.0914. The van der Waals surface area contributed by atoms with Gasteiger partial charge in [-0.1, -0.05) is 18.1 Å². The number of hydrogen-bond donors (Lipinski definition) is 2.